The van der Waals surface area contributed by atoms with Crippen LogP contribution in [0.1, 0.15) is 12.0 Å². The molecule has 1 unspecified atom stereocenters. The average Bonchev–Trinajstić information content (AvgIpc) is 3.50. The zero-order valence-corrected chi connectivity index (χ0v) is 28.3. The number of nitrogens with one attached hydrogen (secondary N) is 1. The molecule has 0 aromatic heterocycles. The number of esters is 1. The minimum atomic E-state index is -4.16. The molecule has 13 heteroatoms. The van der Waals surface area contributed by atoms with Crippen molar-refractivity contribution in [1.29, 1.82) is 0 Å². The van der Waals surface area contributed by atoms with E-state index in [0.29, 0.717) is 16.3 Å². The number of benzene rings is 5. The molecule has 1 aliphatic rings. The second kappa shape index (κ2) is 13.6. The van der Waals surface area contributed by atoms with Gasteiger partial charge in [0, 0.05) is 29.0 Å². The summed E-state index contributed by atoms with van der Waals surface area (Å²) in [5, 5.41) is 4.84. The summed E-state index contributed by atoms with van der Waals surface area (Å²) in [6.07, 6.45) is 0.131. The third-order valence-electron chi connectivity index (χ3n) is 8.26. The van der Waals surface area contributed by atoms with E-state index >= 15 is 0 Å². The molecule has 1 fully saturated rings. The molecule has 0 radical (unpaired) electrons. The molecule has 6 rings (SSSR count). The van der Waals surface area contributed by atoms with E-state index in [-0.39, 0.29) is 34.9 Å². The molecular weight excluding hydrogens is 673 g/mol. The first-order chi connectivity index (χ1) is 23.0. The van der Waals surface area contributed by atoms with Crippen molar-refractivity contribution < 1.29 is 35.3 Å². The van der Waals surface area contributed by atoms with Gasteiger partial charge in [-0.3, -0.25) is 4.79 Å². The molecular formula is C35H32N2O8S3. The fraction of sp³-hybridized carbons (Fsp3) is 0.200. The largest absolute Gasteiger partial charge is 0.467 e. The summed E-state index contributed by atoms with van der Waals surface area (Å²) in [6.45, 7) is 0.0127. The van der Waals surface area contributed by atoms with Crippen LogP contribution in [0, 0.1) is 0 Å². The first-order valence-corrected chi connectivity index (χ1v) is 18.4. The molecule has 0 bridgehead atoms. The van der Waals surface area contributed by atoms with Gasteiger partial charge in [0.15, 0.2) is 0 Å². The van der Waals surface area contributed by atoms with Crippen LogP contribution >= 0.6 is 12.6 Å². The van der Waals surface area contributed by atoms with Crippen molar-refractivity contribution in [3.05, 3.63) is 115 Å². The topological polar surface area (TPSA) is 136 Å². The molecule has 0 aliphatic carbocycles. The van der Waals surface area contributed by atoms with E-state index in [1.54, 1.807) is 48.5 Å². The maximum absolute atomic E-state index is 13.9. The van der Waals surface area contributed by atoms with Crippen LogP contribution in [0.15, 0.2) is 119 Å². The molecule has 0 spiro atoms. The van der Waals surface area contributed by atoms with Crippen LogP contribution in [-0.4, -0.2) is 64.0 Å². The number of rotatable bonds is 10. The van der Waals surface area contributed by atoms with Gasteiger partial charge in [0.1, 0.15) is 22.7 Å². The van der Waals surface area contributed by atoms with E-state index in [1.807, 2.05) is 36.4 Å². The summed E-state index contributed by atoms with van der Waals surface area (Å²) in [7, 11) is -7.10. The molecule has 1 heterocycles. The SMILES string of the molecule is COC(=O)C(Cc1ccc(OS(=O)(=O)c2cccc3ccccc23)cc1)NC(=O)[C@@H]1C[C@H](S)CN1S(=O)(=O)c1cccc2ccccc12. The Labute approximate surface area is 284 Å². The number of amides is 1. The summed E-state index contributed by atoms with van der Waals surface area (Å²) in [5.74, 6) is -1.33. The quantitative estimate of drug-likeness (QED) is 0.121. The summed E-state index contributed by atoms with van der Waals surface area (Å²) >= 11 is 4.50. The second-order valence-corrected chi connectivity index (χ2v) is 15.5. The van der Waals surface area contributed by atoms with E-state index in [4.69, 9.17) is 8.92 Å². The molecule has 3 atom stereocenters. The first kappa shape index (κ1) is 33.5. The van der Waals surface area contributed by atoms with Gasteiger partial charge >= 0.3 is 16.1 Å². The van der Waals surface area contributed by atoms with Crippen LogP contribution in [0.2, 0.25) is 0 Å². The van der Waals surface area contributed by atoms with Crippen molar-refractivity contribution in [2.45, 2.75) is 40.0 Å². The van der Waals surface area contributed by atoms with Crippen molar-refractivity contribution in [3.8, 4) is 5.75 Å². The maximum atomic E-state index is 13.9. The Kier molecular flexibility index (Phi) is 9.48. The van der Waals surface area contributed by atoms with Crippen molar-refractivity contribution in [3.63, 3.8) is 0 Å². The zero-order valence-electron chi connectivity index (χ0n) is 25.7. The lowest BCUT2D eigenvalue weighted by Crippen LogP contribution is -2.51. The van der Waals surface area contributed by atoms with E-state index < -0.39 is 49.4 Å². The molecule has 1 N–H and O–H groups in total. The van der Waals surface area contributed by atoms with Crippen molar-refractivity contribution in [2.24, 2.45) is 0 Å². The number of thiol groups is 1. The van der Waals surface area contributed by atoms with Crippen LogP contribution in [0.4, 0.5) is 0 Å². The van der Waals surface area contributed by atoms with Gasteiger partial charge < -0.3 is 14.2 Å². The highest BCUT2D eigenvalue weighted by molar-refractivity contribution is 7.89. The normalized spacial score (nSPS) is 17.6. The number of methoxy groups -OCH3 is 1. The van der Waals surface area contributed by atoms with E-state index in [1.165, 1.54) is 31.4 Å². The molecule has 5 aromatic carbocycles. The Bertz CT molecular complexity index is 2210. The summed E-state index contributed by atoms with van der Waals surface area (Å²) < 4.78 is 65.6. The highest BCUT2D eigenvalue weighted by Gasteiger charge is 2.44. The predicted molar refractivity (Wildman–Crippen MR) is 185 cm³/mol. The van der Waals surface area contributed by atoms with Gasteiger partial charge in [-0.2, -0.15) is 25.4 Å². The van der Waals surface area contributed by atoms with Crippen LogP contribution < -0.4 is 9.50 Å². The second-order valence-electron chi connectivity index (χ2n) is 11.4. The monoisotopic (exact) mass is 704 g/mol. The molecule has 1 saturated heterocycles. The third kappa shape index (κ3) is 6.76. The number of hydrogen-bond acceptors (Lipinski definition) is 9. The first-order valence-electron chi connectivity index (χ1n) is 15.0. The number of ether oxygens (including phenoxy) is 1. The zero-order chi connectivity index (χ0) is 34.1. The highest BCUT2D eigenvalue weighted by atomic mass is 32.2. The third-order valence-corrected chi connectivity index (χ3v) is 11.9. The maximum Gasteiger partial charge on any atom is 0.339 e. The smallest absolute Gasteiger partial charge is 0.339 e. The Hall–Kier alpha value is -4.43. The number of carbonyl (C=O) groups is 2. The number of sulfonamides is 1. The summed E-state index contributed by atoms with van der Waals surface area (Å²) in [4.78, 5) is 26.6. The number of nitrogens with zero attached hydrogens (tertiary/aromatic N) is 1. The van der Waals surface area contributed by atoms with Crippen LogP contribution in [0.25, 0.3) is 21.5 Å². The number of carbonyl (C=O) groups excluding carboxylic acids is 2. The minimum absolute atomic E-state index is 0.0120. The van der Waals surface area contributed by atoms with Gasteiger partial charge in [-0.05, 0) is 47.0 Å². The van der Waals surface area contributed by atoms with Gasteiger partial charge in [0.2, 0.25) is 15.9 Å². The summed E-state index contributed by atoms with van der Waals surface area (Å²) in [6, 6.07) is 27.9. The Morgan fingerprint density at radius 1 is 0.812 bits per heavy atom. The van der Waals surface area contributed by atoms with E-state index in [2.05, 4.69) is 17.9 Å². The van der Waals surface area contributed by atoms with Crippen molar-refractivity contribution >= 4 is 66.2 Å². The van der Waals surface area contributed by atoms with Crippen molar-refractivity contribution in [1.82, 2.24) is 9.62 Å². The molecule has 0 saturated carbocycles. The fourth-order valence-electron chi connectivity index (χ4n) is 5.94. The Morgan fingerprint density at radius 2 is 1.38 bits per heavy atom. The summed E-state index contributed by atoms with van der Waals surface area (Å²) in [5.41, 5.74) is 0.569. The van der Waals surface area contributed by atoms with Gasteiger partial charge in [-0.15, -0.1) is 0 Å². The number of hydrogen-bond donors (Lipinski definition) is 2. The van der Waals surface area contributed by atoms with Gasteiger partial charge in [0.25, 0.3) is 0 Å². The fourth-order valence-corrected chi connectivity index (χ4v) is 9.44. The van der Waals surface area contributed by atoms with Gasteiger partial charge in [-0.25, -0.2) is 13.2 Å². The minimum Gasteiger partial charge on any atom is -0.467 e. The van der Waals surface area contributed by atoms with Crippen LogP contribution in [0.5, 0.6) is 5.75 Å². The molecule has 1 amide bonds. The average molecular weight is 705 g/mol. The van der Waals surface area contributed by atoms with Crippen molar-refractivity contribution in [2.75, 3.05) is 13.7 Å². The van der Waals surface area contributed by atoms with Gasteiger partial charge in [-0.1, -0.05) is 84.9 Å². The van der Waals surface area contributed by atoms with Crippen LogP contribution in [-0.2, 0) is 40.9 Å². The molecule has 48 heavy (non-hydrogen) atoms. The molecule has 5 aromatic rings. The molecule has 10 nitrogen and oxygen atoms in total. The van der Waals surface area contributed by atoms with Gasteiger partial charge in [0.05, 0.1) is 12.0 Å². The Balaban J connectivity index is 1.19. The number of fused-ring (bicyclic) bond motifs is 2. The lowest BCUT2D eigenvalue weighted by Gasteiger charge is -2.26. The lowest BCUT2D eigenvalue weighted by molar-refractivity contribution is -0.145. The Morgan fingerprint density at radius 3 is 2.00 bits per heavy atom. The molecule has 248 valence electrons. The highest BCUT2D eigenvalue weighted by Crippen LogP contribution is 2.33. The van der Waals surface area contributed by atoms with E-state index in [9.17, 15) is 26.4 Å². The predicted octanol–water partition coefficient (Wildman–Crippen LogP) is 4.72. The standard InChI is InChI=1S/C35H32N2O8S3/c1-44-35(39)30(20-23-16-18-26(19-17-23)45-48(42,43)33-15-7-11-25-9-3-5-13-29(25)33)36-34(38)31-21-27(46)22-37(31)47(40,41)32-14-6-10-24-8-2-4-12-28(24)32/h2-19,27,30-31,46H,20-22H2,1H3,(H,36,38)/t27-,30?,31-/m0/s1. The van der Waals surface area contributed by atoms with E-state index in [0.717, 1.165) is 15.1 Å². The lowest BCUT2D eigenvalue weighted by atomic mass is 10.0. The molecule has 1 aliphatic heterocycles. The van der Waals surface area contributed by atoms with Crippen LogP contribution in [0.3, 0.4) is 0 Å².